The Morgan fingerprint density at radius 1 is 1.29 bits per heavy atom. The molecule has 0 spiro atoms. The van der Waals surface area contributed by atoms with Crippen LogP contribution in [0.5, 0.6) is 5.75 Å². The molecule has 6 nitrogen and oxygen atoms in total. The zero-order chi connectivity index (χ0) is 15.5. The smallest absolute Gasteiger partial charge is 0.322 e. The van der Waals surface area contributed by atoms with E-state index in [0.29, 0.717) is 25.9 Å². The number of rotatable bonds is 4. The number of sulfonamides is 1. The molecule has 21 heavy (non-hydrogen) atoms. The number of ether oxygens (including phenoxy) is 1. The Labute approximate surface area is 124 Å². The van der Waals surface area contributed by atoms with Crippen molar-refractivity contribution in [2.45, 2.75) is 18.8 Å². The van der Waals surface area contributed by atoms with Gasteiger partial charge >= 0.3 is 5.97 Å². The van der Waals surface area contributed by atoms with Gasteiger partial charge in [0.15, 0.2) is 5.75 Å². The highest BCUT2D eigenvalue weighted by Crippen LogP contribution is 2.30. The summed E-state index contributed by atoms with van der Waals surface area (Å²) in [5, 5.41) is 9.28. The van der Waals surface area contributed by atoms with Gasteiger partial charge < -0.3 is 9.84 Å². The third-order valence-corrected chi connectivity index (χ3v) is 5.49. The van der Waals surface area contributed by atoms with Crippen molar-refractivity contribution in [3.05, 3.63) is 29.8 Å². The van der Waals surface area contributed by atoms with E-state index in [2.05, 4.69) is 4.74 Å². The highest BCUT2D eigenvalue weighted by molar-refractivity contribution is 7.89. The molecule has 2 rings (SSSR count). The number of carbonyl (C=O) groups excluding carboxylic acids is 1. The van der Waals surface area contributed by atoms with Gasteiger partial charge in [-0.3, -0.25) is 4.79 Å². The van der Waals surface area contributed by atoms with Gasteiger partial charge in [0.25, 0.3) is 0 Å². The number of phenols is 1. The highest BCUT2D eigenvalue weighted by Gasteiger charge is 2.30. The van der Waals surface area contributed by atoms with Crippen LogP contribution in [0.2, 0.25) is 0 Å². The Bertz CT molecular complexity index is 588. The quantitative estimate of drug-likeness (QED) is 0.841. The lowest BCUT2D eigenvalue weighted by molar-refractivity contribution is -0.137. The van der Waals surface area contributed by atoms with Crippen LogP contribution in [0.3, 0.4) is 0 Å². The van der Waals surface area contributed by atoms with Crippen molar-refractivity contribution in [3.8, 4) is 5.75 Å². The molecular weight excluding hydrogens is 294 g/mol. The molecule has 0 bridgehead atoms. The van der Waals surface area contributed by atoms with Crippen LogP contribution >= 0.6 is 0 Å². The van der Waals surface area contributed by atoms with Gasteiger partial charge in [-0.15, -0.1) is 0 Å². The van der Waals surface area contributed by atoms with Crippen molar-refractivity contribution in [1.29, 1.82) is 0 Å². The highest BCUT2D eigenvalue weighted by atomic mass is 32.2. The van der Waals surface area contributed by atoms with Gasteiger partial charge in [0, 0.05) is 13.1 Å². The van der Waals surface area contributed by atoms with Gasteiger partial charge in [0.1, 0.15) is 5.75 Å². The SMILES string of the molecule is COC(=O)CS(=O)(=O)N1CCC(c2ccc(O)cc2)CC1. The van der Waals surface area contributed by atoms with Crippen molar-refractivity contribution in [1.82, 2.24) is 4.31 Å². The van der Waals surface area contributed by atoms with E-state index >= 15 is 0 Å². The van der Waals surface area contributed by atoms with E-state index in [9.17, 15) is 18.3 Å². The average molecular weight is 313 g/mol. The van der Waals surface area contributed by atoms with Crippen LogP contribution in [-0.4, -0.2) is 49.8 Å². The monoisotopic (exact) mass is 313 g/mol. The topological polar surface area (TPSA) is 83.9 Å². The first-order valence-electron chi connectivity index (χ1n) is 6.76. The number of nitrogens with zero attached hydrogens (tertiary/aromatic N) is 1. The second kappa shape index (κ2) is 6.44. The van der Waals surface area contributed by atoms with Gasteiger partial charge in [0.05, 0.1) is 7.11 Å². The number of phenolic OH excluding ortho intramolecular Hbond substituents is 1. The van der Waals surface area contributed by atoms with Crippen molar-refractivity contribution < 1.29 is 23.1 Å². The van der Waals surface area contributed by atoms with Crippen molar-refractivity contribution in [2.24, 2.45) is 0 Å². The Morgan fingerprint density at radius 3 is 2.38 bits per heavy atom. The minimum Gasteiger partial charge on any atom is -0.508 e. The van der Waals surface area contributed by atoms with Gasteiger partial charge in [0.2, 0.25) is 10.0 Å². The number of benzene rings is 1. The van der Waals surface area contributed by atoms with E-state index in [1.807, 2.05) is 12.1 Å². The Hall–Kier alpha value is -1.60. The van der Waals surface area contributed by atoms with Crippen LogP contribution in [-0.2, 0) is 19.6 Å². The molecule has 1 aromatic rings. The second-order valence-electron chi connectivity index (χ2n) is 5.10. The minimum atomic E-state index is -3.59. The number of methoxy groups -OCH3 is 1. The van der Waals surface area contributed by atoms with Crippen LogP contribution < -0.4 is 0 Å². The molecule has 116 valence electrons. The number of carbonyl (C=O) groups is 1. The van der Waals surface area contributed by atoms with E-state index < -0.39 is 21.7 Å². The summed E-state index contributed by atoms with van der Waals surface area (Å²) in [6.45, 7) is 0.787. The van der Waals surface area contributed by atoms with Crippen LogP contribution in [0.4, 0.5) is 0 Å². The standard InChI is InChI=1S/C14H19NO5S/c1-20-14(17)10-21(18,19)15-8-6-12(7-9-15)11-2-4-13(16)5-3-11/h2-5,12,16H,6-10H2,1H3. The molecule has 0 atom stereocenters. The van der Waals surface area contributed by atoms with Gasteiger partial charge in [-0.2, -0.15) is 0 Å². The van der Waals surface area contributed by atoms with Crippen molar-refractivity contribution in [3.63, 3.8) is 0 Å². The molecule has 1 fully saturated rings. The lowest BCUT2D eigenvalue weighted by atomic mass is 9.90. The van der Waals surface area contributed by atoms with Crippen molar-refractivity contribution in [2.75, 3.05) is 26.0 Å². The van der Waals surface area contributed by atoms with E-state index in [1.165, 1.54) is 11.4 Å². The molecular formula is C14H19NO5S. The summed E-state index contributed by atoms with van der Waals surface area (Å²) in [5.74, 6) is -0.851. The molecule has 0 radical (unpaired) electrons. The molecule has 1 N–H and O–H groups in total. The van der Waals surface area contributed by atoms with Gasteiger partial charge in [-0.05, 0) is 36.5 Å². The summed E-state index contributed by atoms with van der Waals surface area (Å²) in [4.78, 5) is 11.1. The molecule has 0 amide bonds. The van der Waals surface area contributed by atoms with E-state index in [-0.39, 0.29) is 11.7 Å². The molecule has 1 saturated heterocycles. The number of hydrogen-bond acceptors (Lipinski definition) is 5. The summed E-state index contributed by atoms with van der Waals surface area (Å²) in [5.41, 5.74) is 1.10. The molecule has 0 aliphatic carbocycles. The fourth-order valence-corrected chi connectivity index (χ4v) is 3.88. The van der Waals surface area contributed by atoms with Crippen LogP contribution in [0.15, 0.2) is 24.3 Å². The summed E-state index contributed by atoms with van der Waals surface area (Å²) >= 11 is 0. The Kier molecular flexibility index (Phi) is 4.84. The third kappa shape index (κ3) is 3.95. The fourth-order valence-electron chi connectivity index (χ4n) is 2.51. The van der Waals surface area contributed by atoms with Gasteiger partial charge in [-0.1, -0.05) is 12.1 Å². The molecule has 1 aliphatic heterocycles. The lowest BCUT2D eigenvalue weighted by Crippen LogP contribution is -2.40. The Balaban J connectivity index is 1.97. The molecule has 0 saturated carbocycles. The molecule has 1 heterocycles. The maximum atomic E-state index is 12.0. The van der Waals surface area contributed by atoms with Crippen LogP contribution in [0.1, 0.15) is 24.3 Å². The lowest BCUT2D eigenvalue weighted by Gasteiger charge is -2.31. The number of esters is 1. The van der Waals surface area contributed by atoms with E-state index in [4.69, 9.17) is 0 Å². The maximum absolute atomic E-state index is 12.0. The van der Waals surface area contributed by atoms with Crippen LogP contribution in [0.25, 0.3) is 0 Å². The molecule has 7 heteroatoms. The largest absolute Gasteiger partial charge is 0.508 e. The third-order valence-electron chi connectivity index (χ3n) is 3.74. The summed E-state index contributed by atoms with van der Waals surface area (Å²) in [6.07, 6.45) is 1.40. The molecule has 0 unspecified atom stereocenters. The minimum absolute atomic E-state index is 0.219. The maximum Gasteiger partial charge on any atom is 0.322 e. The van der Waals surface area contributed by atoms with Crippen molar-refractivity contribution >= 4 is 16.0 Å². The molecule has 1 aliphatic rings. The number of hydrogen-bond donors (Lipinski definition) is 1. The Morgan fingerprint density at radius 2 is 1.86 bits per heavy atom. The summed E-state index contributed by atoms with van der Waals surface area (Å²) in [7, 11) is -2.41. The average Bonchev–Trinajstić information content (AvgIpc) is 2.47. The molecule has 0 aromatic heterocycles. The normalized spacial score (nSPS) is 17.6. The first kappa shape index (κ1) is 15.8. The number of piperidine rings is 1. The van der Waals surface area contributed by atoms with Crippen LogP contribution in [0, 0.1) is 0 Å². The first-order valence-corrected chi connectivity index (χ1v) is 8.37. The fraction of sp³-hybridized carbons (Fsp3) is 0.500. The second-order valence-corrected chi connectivity index (χ2v) is 7.07. The summed E-state index contributed by atoms with van der Waals surface area (Å²) in [6, 6.07) is 6.99. The van der Waals surface area contributed by atoms with E-state index in [0.717, 1.165) is 5.56 Å². The van der Waals surface area contributed by atoms with E-state index in [1.54, 1.807) is 12.1 Å². The predicted octanol–water partition coefficient (Wildman–Crippen LogP) is 1.07. The zero-order valence-electron chi connectivity index (χ0n) is 11.9. The zero-order valence-corrected chi connectivity index (χ0v) is 12.7. The predicted molar refractivity (Wildman–Crippen MR) is 77.5 cm³/mol. The summed E-state index contributed by atoms with van der Waals surface area (Å²) < 4.78 is 29.8. The first-order chi connectivity index (χ1) is 9.92. The van der Waals surface area contributed by atoms with Gasteiger partial charge in [-0.25, -0.2) is 12.7 Å². The number of aromatic hydroxyl groups is 1. The molecule has 1 aromatic carbocycles.